The third-order valence-corrected chi connectivity index (χ3v) is 3.74. The quantitative estimate of drug-likeness (QED) is 0.739. The molecule has 1 N–H and O–H groups in total. The van der Waals surface area contributed by atoms with Gasteiger partial charge in [0, 0.05) is 26.9 Å². The lowest BCUT2D eigenvalue weighted by atomic mass is 10.2. The molecular weight excluding hydrogens is 226 g/mol. The molecule has 58 valence electrons. The molecule has 1 aromatic heterocycles. The molecule has 0 aromatic carbocycles. The Morgan fingerprint density at radius 3 is 3.18 bits per heavy atom. The van der Waals surface area contributed by atoms with Gasteiger partial charge in [0.2, 0.25) is 0 Å². The Kier molecular flexibility index (Phi) is 1.81. The van der Waals surface area contributed by atoms with Gasteiger partial charge in [0.1, 0.15) is 0 Å². The number of fused-ring (bicyclic) bond motifs is 1. The monoisotopic (exact) mass is 231 g/mol. The molecule has 0 bridgehead atoms. The third-order valence-electron chi connectivity index (χ3n) is 1.69. The minimum atomic E-state index is 0.0631. The van der Waals surface area contributed by atoms with Crippen molar-refractivity contribution >= 4 is 27.7 Å². The van der Waals surface area contributed by atoms with Gasteiger partial charge in [-0.05, 0) is 22.4 Å². The van der Waals surface area contributed by atoms with Gasteiger partial charge in [0.25, 0.3) is 5.56 Å². The predicted octanol–water partition coefficient (Wildman–Crippen LogP) is 1.79. The number of hydrogen-bond donors (Lipinski definition) is 1. The zero-order valence-electron chi connectivity index (χ0n) is 5.69. The Balaban J connectivity index is 2.74. The average Bonchev–Trinajstić information content (AvgIpc) is 2.45. The van der Waals surface area contributed by atoms with Crippen molar-refractivity contribution in [2.45, 2.75) is 11.3 Å². The first kappa shape index (κ1) is 7.43. The summed E-state index contributed by atoms with van der Waals surface area (Å²) in [7, 11) is 0. The number of halogens is 1. The van der Waals surface area contributed by atoms with E-state index in [9.17, 15) is 4.79 Å². The normalized spacial score (nSPS) is 15.0. The van der Waals surface area contributed by atoms with Crippen molar-refractivity contribution in [1.29, 1.82) is 0 Å². The van der Waals surface area contributed by atoms with Gasteiger partial charge in [-0.15, -0.1) is 11.8 Å². The summed E-state index contributed by atoms with van der Waals surface area (Å²) in [4.78, 5) is 15.0. The second-order valence-corrected chi connectivity index (χ2v) is 4.33. The second-order valence-electron chi connectivity index (χ2n) is 2.37. The first-order valence-corrected chi connectivity index (χ1v) is 5.10. The van der Waals surface area contributed by atoms with Crippen LogP contribution in [0.15, 0.2) is 20.4 Å². The maximum absolute atomic E-state index is 11.2. The SMILES string of the molecule is O=c1[nH]cc(Br)c2c1CCS2. The molecule has 1 aromatic rings. The number of pyridine rings is 1. The van der Waals surface area contributed by atoms with Crippen LogP contribution < -0.4 is 5.56 Å². The molecule has 0 unspecified atom stereocenters. The summed E-state index contributed by atoms with van der Waals surface area (Å²) in [6, 6.07) is 0. The van der Waals surface area contributed by atoms with E-state index in [1.54, 1.807) is 18.0 Å². The van der Waals surface area contributed by atoms with Crippen LogP contribution in [0.25, 0.3) is 0 Å². The fourth-order valence-electron chi connectivity index (χ4n) is 1.17. The Bertz CT molecular complexity index is 347. The van der Waals surface area contributed by atoms with Crippen molar-refractivity contribution in [2.24, 2.45) is 0 Å². The minimum absolute atomic E-state index is 0.0631. The highest BCUT2D eigenvalue weighted by Crippen LogP contribution is 2.34. The summed E-state index contributed by atoms with van der Waals surface area (Å²) in [5.74, 6) is 1.03. The highest BCUT2D eigenvalue weighted by molar-refractivity contribution is 9.10. The van der Waals surface area contributed by atoms with E-state index in [1.807, 2.05) is 0 Å². The number of thioether (sulfide) groups is 1. The lowest BCUT2D eigenvalue weighted by Gasteiger charge is -1.97. The lowest BCUT2D eigenvalue weighted by Crippen LogP contribution is -2.10. The standard InChI is InChI=1S/C7H6BrNOS/c8-5-3-9-7(10)4-1-2-11-6(4)5/h3H,1-2H2,(H,9,10). The van der Waals surface area contributed by atoms with Crippen molar-refractivity contribution in [3.05, 3.63) is 26.6 Å². The van der Waals surface area contributed by atoms with E-state index in [0.717, 1.165) is 27.1 Å². The smallest absolute Gasteiger partial charge is 0.252 e. The Hall–Kier alpha value is -0.220. The third kappa shape index (κ3) is 1.14. The van der Waals surface area contributed by atoms with Gasteiger partial charge >= 0.3 is 0 Å². The van der Waals surface area contributed by atoms with Crippen LogP contribution in [0.3, 0.4) is 0 Å². The summed E-state index contributed by atoms with van der Waals surface area (Å²) >= 11 is 5.13. The van der Waals surface area contributed by atoms with E-state index in [-0.39, 0.29) is 5.56 Å². The number of H-pyrrole nitrogens is 1. The highest BCUT2D eigenvalue weighted by Gasteiger charge is 2.17. The molecule has 0 fully saturated rings. The van der Waals surface area contributed by atoms with E-state index in [4.69, 9.17) is 0 Å². The molecule has 0 saturated heterocycles. The van der Waals surface area contributed by atoms with Gasteiger partial charge in [0.05, 0.1) is 0 Å². The van der Waals surface area contributed by atoms with Gasteiger partial charge in [-0.25, -0.2) is 0 Å². The van der Waals surface area contributed by atoms with Crippen LogP contribution >= 0.6 is 27.7 Å². The number of nitrogens with one attached hydrogen (secondary N) is 1. The summed E-state index contributed by atoms with van der Waals surface area (Å²) in [6.45, 7) is 0. The summed E-state index contributed by atoms with van der Waals surface area (Å²) in [6.07, 6.45) is 2.61. The molecule has 0 radical (unpaired) electrons. The molecule has 2 heterocycles. The predicted molar refractivity (Wildman–Crippen MR) is 49.2 cm³/mol. The van der Waals surface area contributed by atoms with Gasteiger partial charge in [-0.3, -0.25) is 4.79 Å². The maximum atomic E-state index is 11.2. The van der Waals surface area contributed by atoms with Crippen LogP contribution in [0, 0.1) is 0 Å². The number of rotatable bonds is 0. The molecule has 2 nitrogen and oxygen atoms in total. The molecule has 1 aliphatic heterocycles. The summed E-state index contributed by atoms with van der Waals surface area (Å²) in [5, 5.41) is 0. The van der Waals surface area contributed by atoms with Crippen molar-refractivity contribution < 1.29 is 0 Å². The van der Waals surface area contributed by atoms with Crippen LogP contribution in [0.4, 0.5) is 0 Å². The van der Waals surface area contributed by atoms with Crippen molar-refractivity contribution in [2.75, 3.05) is 5.75 Å². The first-order valence-electron chi connectivity index (χ1n) is 3.32. The van der Waals surface area contributed by atoms with Crippen LogP contribution in [-0.4, -0.2) is 10.7 Å². The molecule has 0 saturated carbocycles. The zero-order valence-corrected chi connectivity index (χ0v) is 8.09. The molecule has 0 atom stereocenters. The van der Waals surface area contributed by atoms with Crippen LogP contribution in [0.1, 0.15) is 5.56 Å². The Labute approximate surface area is 76.5 Å². The maximum Gasteiger partial charge on any atom is 0.252 e. The van der Waals surface area contributed by atoms with E-state index >= 15 is 0 Å². The van der Waals surface area contributed by atoms with Crippen molar-refractivity contribution in [3.8, 4) is 0 Å². The summed E-state index contributed by atoms with van der Waals surface area (Å²) in [5.41, 5.74) is 0.998. The van der Waals surface area contributed by atoms with Crippen LogP contribution in [0.5, 0.6) is 0 Å². The molecule has 0 spiro atoms. The van der Waals surface area contributed by atoms with Gasteiger partial charge in [-0.1, -0.05) is 0 Å². The van der Waals surface area contributed by atoms with E-state index in [1.165, 1.54) is 0 Å². The first-order chi connectivity index (χ1) is 5.29. The van der Waals surface area contributed by atoms with Gasteiger partial charge < -0.3 is 4.98 Å². The van der Waals surface area contributed by atoms with Crippen LogP contribution in [0.2, 0.25) is 0 Å². The topological polar surface area (TPSA) is 32.9 Å². The Morgan fingerprint density at radius 2 is 2.45 bits per heavy atom. The number of aromatic amines is 1. The van der Waals surface area contributed by atoms with E-state index in [0.29, 0.717) is 0 Å². The molecule has 1 aliphatic rings. The second kappa shape index (κ2) is 2.68. The van der Waals surface area contributed by atoms with Crippen LogP contribution in [-0.2, 0) is 6.42 Å². The molecular formula is C7H6BrNOS. The highest BCUT2D eigenvalue weighted by atomic mass is 79.9. The number of aromatic nitrogens is 1. The largest absolute Gasteiger partial charge is 0.328 e. The minimum Gasteiger partial charge on any atom is -0.328 e. The van der Waals surface area contributed by atoms with Crippen molar-refractivity contribution in [1.82, 2.24) is 4.98 Å². The fourth-order valence-corrected chi connectivity index (χ4v) is 2.94. The molecule has 2 rings (SSSR count). The van der Waals surface area contributed by atoms with Crippen molar-refractivity contribution in [3.63, 3.8) is 0 Å². The fraction of sp³-hybridized carbons (Fsp3) is 0.286. The van der Waals surface area contributed by atoms with E-state index in [2.05, 4.69) is 20.9 Å². The van der Waals surface area contributed by atoms with Gasteiger partial charge in [0.15, 0.2) is 0 Å². The molecule has 0 amide bonds. The number of hydrogen-bond acceptors (Lipinski definition) is 2. The molecule has 4 heteroatoms. The van der Waals surface area contributed by atoms with E-state index < -0.39 is 0 Å². The molecule has 11 heavy (non-hydrogen) atoms. The lowest BCUT2D eigenvalue weighted by molar-refractivity contribution is 1.04. The van der Waals surface area contributed by atoms with Gasteiger partial charge in [-0.2, -0.15) is 0 Å². The Morgan fingerprint density at radius 1 is 1.64 bits per heavy atom. The summed E-state index contributed by atoms with van der Waals surface area (Å²) < 4.78 is 1.01. The molecule has 0 aliphatic carbocycles. The average molecular weight is 232 g/mol. The zero-order chi connectivity index (χ0) is 7.84.